The fourth-order valence-electron chi connectivity index (χ4n) is 5.49. The van der Waals surface area contributed by atoms with Crippen molar-refractivity contribution in [3.8, 4) is 0 Å². The van der Waals surface area contributed by atoms with Gasteiger partial charge in [0.05, 0.1) is 11.0 Å². The summed E-state index contributed by atoms with van der Waals surface area (Å²) in [7, 11) is 0. The quantitative estimate of drug-likeness (QED) is 0.385. The lowest BCUT2D eigenvalue weighted by molar-refractivity contribution is -0.132. The van der Waals surface area contributed by atoms with Crippen LogP contribution in [0, 0.1) is 0 Å². The molecule has 3 aromatic carbocycles. The summed E-state index contributed by atoms with van der Waals surface area (Å²) in [4.78, 5) is 31.6. The number of nitrogens with one attached hydrogen (secondary N) is 1. The zero-order chi connectivity index (χ0) is 25.8. The molecule has 3 N–H and O–H groups in total. The van der Waals surface area contributed by atoms with Crippen LogP contribution in [0.15, 0.2) is 66.7 Å². The van der Waals surface area contributed by atoms with Gasteiger partial charge in [0.15, 0.2) is 0 Å². The van der Waals surface area contributed by atoms with Gasteiger partial charge >= 0.3 is 0 Å². The molecule has 0 radical (unpaired) electrons. The minimum Gasteiger partial charge on any atom is -0.355 e. The van der Waals surface area contributed by atoms with Crippen molar-refractivity contribution in [2.24, 2.45) is 5.73 Å². The number of rotatable bonds is 8. The first-order valence-corrected chi connectivity index (χ1v) is 13.2. The van der Waals surface area contributed by atoms with Crippen molar-refractivity contribution < 1.29 is 9.59 Å². The van der Waals surface area contributed by atoms with Gasteiger partial charge in [0.1, 0.15) is 5.82 Å². The lowest BCUT2D eigenvalue weighted by atomic mass is 9.95. The molecule has 2 atom stereocenters. The van der Waals surface area contributed by atoms with Crippen molar-refractivity contribution >= 4 is 33.6 Å². The maximum Gasteiger partial charge on any atom is 0.224 e. The fourth-order valence-corrected chi connectivity index (χ4v) is 5.49. The molecule has 1 aliphatic heterocycles. The summed E-state index contributed by atoms with van der Waals surface area (Å²) in [5.41, 5.74) is 9.62. The van der Waals surface area contributed by atoms with Crippen LogP contribution in [-0.4, -0.2) is 51.9 Å². The van der Waals surface area contributed by atoms with Crippen LogP contribution in [0.2, 0.25) is 0 Å². The number of hydrogen-bond acceptors (Lipinski definition) is 4. The number of amides is 2. The Hall–Kier alpha value is -3.71. The fraction of sp³-hybridized carbons (Fsp3) is 0.367. The van der Waals surface area contributed by atoms with E-state index in [0.717, 1.165) is 41.8 Å². The van der Waals surface area contributed by atoms with Gasteiger partial charge < -0.3 is 20.5 Å². The predicted octanol–water partition coefficient (Wildman–Crippen LogP) is 3.99. The van der Waals surface area contributed by atoms with E-state index in [1.165, 1.54) is 17.7 Å². The summed E-state index contributed by atoms with van der Waals surface area (Å²) in [6.07, 6.45) is 2.92. The van der Waals surface area contributed by atoms with Crippen molar-refractivity contribution in [1.82, 2.24) is 19.8 Å². The van der Waals surface area contributed by atoms with Gasteiger partial charge in [-0.2, -0.15) is 0 Å². The van der Waals surface area contributed by atoms with Crippen molar-refractivity contribution in [2.75, 3.05) is 19.6 Å². The number of nitrogens with two attached hydrogens (primary N) is 1. The molecule has 5 rings (SSSR count). The summed E-state index contributed by atoms with van der Waals surface area (Å²) < 4.78 is 2.20. The molecule has 37 heavy (non-hydrogen) atoms. The van der Waals surface area contributed by atoms with Crippen LogP contribution >= 0.6 is 0 Å². The average molecular weight is 498 g/mol. The number of para-hydroxylation sites is 2. The number of carbonyl (C=O) groups is 2. The van der Waals surface area contributed by atoms with E-state index in [1.807, 2.05) is 35.2 Å². The molecule has 7 heteroatoms. The Bertz CT molecular complexity index is 1410. The molecule has 0 aliphatic carbocycles. The number of fused-ring (bicyclic) bond motifs is 2. The van der Waals surface area contributed by atoms with Crippen LogP contribution in [-0.2, 0) is 22.6 Å². The smallest absolute Gasteiger partial charge is 0.224 e. The molecule has 0 spiro atoms. The highest BCUT2D eigenvalue weighted by molar-refractivity contribution is 5.83. The number of likely N-dealkylation sites (tertiary alicyclic amines) is 1. The third-order valence-electron chi connectivity index (χ3n) is 7.28. The van der Waals surface area contributed by atoms with Gasteiger partial charge in [0.2, 0.25) is 11.8 Å². The highest BCUT2D eigenvalue weighted by Crippen LogP contribution is 2.30. The van der Waals surface area contributed by atoms with Crippen LogP contribution in [0.4, 0.5) is 0 Å². The maximum absolute atomic E-state index is 13.3. The van der Waals surface area contributed by atoms with E-state index in [4.69, 9.17) is 10.7 Å². The van der Waals surface area contributed by atoms with Gasteiger partial charge in [-0.3, -0.25) is 9.59 Å². The van der Waals surface area contributed by atoms with Crippen LogP contribution in [0.1, 0.15) is 43.5 Å². The van der Waals surface area contributed by atoms with Crippen LogP contribution in [0.25, 0.3) is 21.8 Å². The molecule has 0 unspecified atom stereocenters. The summed E-state index contributed by atoms with van der Waals surface area (Å²) in [6, 6.07) is 22.5. The lowest BCUT2D eigenvalue weighted by Crippen LogP contribution is -2.42. The number of piperidine rings is 1. The van der Waals surface area contributed by atoms with Gasteiger partial charge in [-0.05, 0) is 47.7 Å². The molecule has 1 aliphatic rings. The third-order valence-corrected chi connectivity index (χ3v) is 7.28. The number of benzene rings is 3. The van der Waals surface area contributed by atoms with Crippen molar-refractivity contribution in [3.05, 3.63) is 78.1 Å². The summed E-state index contributed by atoms with van der Waals surface area (Å²) >= 11 is 0. The highest BCUT2D eigenvalue weighted by Gasteiger charge is 2.29. The monoisotopic (exact) mass is 497 g/mol. The van der Waals surface area contributed by atoms with E-state index in [1.54, 1.807) is 0 Å². The van der Waals surface area contributed by atoms with Gasteiger partial charge in [-0.1, -0.05) is 54.6 Å². The second-order valence-corrected chi connectivity index (χ2v) is 10.1. The first-order chi connectivity index (χ1) is 18.0. The second kappa shape index (κ2) is 11.1. The molecule has 2 heterocycles. The molecule has 1 saturated heterocycles. The Labute approximate surface area is 217 Å². The minimum absolute atomic E-state index is 0.0413. The molecular formula is C30H35N5O2. The van der Waals surface area contributed by atoms with Crippen molar-refractivity contribution in [3.63, 3.8) is 0 Å². The topological polar surface area (TPSA) is 93.2 Å². The Morgan fingerprint density at radius 1 is 1.08 bits per heavy atom. The van der Waals surface area contributed by atoms with E-state index >= 15 is 0 Å². The Balaban J connectivity index is 1.25. The average Bonchev–Trinajstić information content (AvgIpc) is 3.27. The SMILES string of the molecule is CC(=O)NCCn1c([C@@H]2CCCN(C(=O)C[C@H](N)Cc3ccc4ccccc4c3)C2)nc2ccccc21. The minimum atomic E-state index is -0.226. The molecule has 2 amide bonds. The summed E-state index contributed by atoms with van der Waals surface area (Å²) in [6.45, 7) is 4.12. The summed E-state index contributed by atoms with van der Waals surface area (Å²) in [5, 5.41) is 5.29. The standard InChI is InChI=1S/C30H35N5O2/c1-21(36)32-14-16-35-28-11-5-4-10-27(28)33-30(35)25-9-6-15-34(20-25)29(37)19-26(31)18-22-12-13-23-7-2-3-8-24(23)17-22/h2-5,7-8,10-13,17,25-26H,6,9,14-16,18-20,31H2,1H3,(H,32,36)/t25-,26-/m1/s1. The maximum atomic E-state index is 13.3. The van der Waals surface area contributed by atoms with Crippen LogP contribution in [0.3, 0.4) is 0 Å². The summed E-state index contributed by atoms with van der Waals surface area (Å²) in [5.74, 6) is 1.21. The van der Waals surface area contributed by atoms with Crippen molar-refractivity contribution in [2.45, 2.75) is 51.1 Å². The molecule has 0 saturated carbocycles. The molecule has 1 aromatic heterocycles. The van der Waals surface area contributed by atoms with E-state index in [0.29, 0.717) is 32.5 Å². The van der Waals surface area contributed by atoms with Gasteiger partial charge in [-0.15, -0.1) is 0 Å². The molecule has 192 valence electrons. The van der Waals surface area contributed by atoms with Crippen LogP contribution < -0.4 is 11.1 Å². The molecule has 7 nitrogen and oxygen atoms in total. The molecule has 1 fully saturated rings. The van der Waals surface area contributed by atoms with E-state index in [-0.39, 0.29) is 23.8 Å². The molecular weight excluding hydrogens is 462 g/mol. The number of imidazole rings is 1. The lowest BCUT2D eigenvalue weighted by Gasteiger charge is -2.33. The third kappa shape index (κ3) is 5.83. The number of nitrogens with zero attached hydrogens (tertiary/aromatic N) is 3. The Morgan fingerprint density at radius 2 is 1.86 bits per heavy atom. The van der Waals surface area contributed by atoms with E-state index < -0.39 is 0 Å². The van der Waals surface area contributed by atoms with Gasteiger partial charge in [0.25, 0.3) is 0 Å². The van der Waals surface area contributed by atoms with Crippen LogP contribution in [0.5, 0.6) is 0 Å². The predicted molar refractivity (Wildman–Crippen MR) is 147 cm³/mol. The normalized spacial score (nSPS) is 16.7. The van der Waals surface area contributed by atoms with E-state index in [9.17, 15) is 9.59 Å². The zero-order valence-electron chi connectivity index (χ0n) is 21.4. The first-order valence-electron chi connectivity index (χ1n) is 13.2. The molecule has 0 bridgehead atoms. The molecule has 4 aromatic rings. The van der Waals surface area contributed by atoms with Crippen molar-refractivity contribution in [1.29, 1.82) is 0 Å². The largest absolute Gasteiger partial charge is 0.355 e. The Kier molecular flexibility index (Phi) is 7.51. The zero-order valence-corrected chi connectivity index (χ0v) is 21.4. The number of hydrogen-bond donors (Lipinski definition) is 2. The number of aromatic nitrogens is 2. The van der Waals surface area contributed by atoms with Gasteiger partial charge in [0, 0.05) is 51.5 Å². The first kappa shape index (κ1) is 25.0. The number of carbonyl (C=O) groups excluding carboxylic acids is 2. The Morgan fingerprint density at radius 3 is 2.70 bits per heavy atom. The van der Waals surface area contributed by atoms with E-state index in [2.05, 4.69) is 46.3 Å². The second-order valence-electron chi connectivity index (χ2n) is 10.1. The highest BCUT2D eigenvalue weighted by atomic mass is 16.2. The van der Waals surface area contributed by atoms with Gasteiger partial charge in [-0.25, -0.2) is 4.98 Å².